The molecule has 0 aromatic heterocycles. The van der Waals surface area contributed by atoms with Crippen LogP contribution in [0, 0.1) is 0 Å². The number of allylic oxidation sites excluding steroid dienone is 4. The normalized spacial score (nSPS) is 11.3. The Morgan fingerprint density at radius 3 is 1.67 bits per heavy atom. The Morgan fingerprint density at radius 1 is 0.875 bits per heavy atom. The lowest BCUT2D eigenvalue weighted by Crippen LogP contribution is -2.23. The van der Waals surface area contributed by atoms with E-state index in [2.05, 4.69) is 21.6 Å². The van der Waals surface area contributed by atoms with Crippen LogP contribution >= 0.6 is 24.4 Å². The molecule has 1 rings (SSSR count). The molecule has 0 radical (unpaired) electrons. The summed E-state index contributed by atoms with van der Waals surface area (Å²) in [5.41, 5.74) is 8.67. The Labute approximate surface area is 153 Å². The lowest BCUT2D eigenvalue weighted by atomic mass is 10.3. The number of anilines is 2. The Hall–Kier alpha value is -2.32. The van der Waals surface area contributed by atoms with Crippen LogP contribution in [-0.2, 0) is 9.68 Å². The van der Waals surface area contributed by atoms with Gasteiger partial charge in [0, 0.05) is 22.8 Å². The maximum atomic E-state index is 5.21. The summed E-state index contributed by atoms with van der Waals surface area (Å²) in [6.45, 7) is 7.54. The van der Waals surface area contributed by atoms with Gasteiger partial charge in [0.25, 0.3) is 10.3 Å². The molecule has 1 aromatic rings. The fourth-order valence-corrected chi connectivity index (χ4v) is 1.65. The van der Waals surface area contributed by atoms with Gasteiger partial charge in [-0.2, -0.15) is 0 Å². The molecule has 0 spiro atoms. The van der Waals surface area contributed by atoms with Gasteiger partial charge in [-0.15, -0.1) is 0 Å². The Balaban J connectivity index is 2.54. The minimum absolute atomic E-state index is 0.206. The summed E-state index contributed by atoms with van der Waals surface area (Å²) in [4.78, 5) is 10.4. The van der Waals surface area contributed by atoms with Gasteiger partial charge in [-0.25, -0.2) is 11.0 Å². The van der Waals surface area contributed by atoms with E-state index in [1.165, 1.54) is 0 Å². The number of hydroxylamine groups is 2. The summed E-state index contributed by atoms with van der Waals surface area (Å²) < 4.78 is 0. The Kier molecular flexibility index (Phi) is 8.59. The van der Waals surface area contributed by atoms with Crippen LogP contribution in [0.15, 0.2) is 47.8 Å². The monoisotopic (exact) mass is 366 g/mol. The van der Waals surface area contributed by atoms with E-state index < -0.39 is 0 Å². The van der Waals surface area contributed by atoms with Gasteiger partial charge < -0.3 is 20.3 Å². The first-order chi connectivity index (χ1) is 11.4. The van der Waals surface area contributed by atoms with Gasteiger partial charge in [-0.05, 0) is 70.3 Å². The second kappa shape index (κ2) is 10.5. The largest absolute Gasteiger partial charge is 0.352 e. The van der Waals surface area contributed by atoms with Gasteiger partial charge in [0.15, 0.2) is 0 Å². The average Bonchev–Trinajstić information content (AvgIpc) is 2.57. The van der Waals surface area contributed by atoms with Crippen LogP contribution < -0.4 is 21.6 Å². The van der Waals surface area contributed by atoms with E-state index in [0.29, 0.717) is 0 Å². The zero-order valence-corrected chi connectivity index (χ0v) is 15.7. The summed E-state index contributed by atoms with van der Waals surface area (Å²) in [5, 5.41) is 6.34. The van der Waals surface area contributed by atoms with Crippen LogP contribution in [-0.4, -0.2) is 10.3 Å². The lowest BCUT2D eigenvalue weighted by Gasteiger charge is -2.13. The first-order valence-corrected chi connectivity index (χ1v) is 8.09. The number of hydrogen-bond donors (Lipinski definition) is 4. The Bertz CT molecular complexity index is 593. The van der Waals surface area contributed by atoms with E-state index >= 15 is 0 Å². The third kappa shape index (κ3) is 7.80. The average molecular weight is 367 g/mol. The molecule has 0 aliphatic rings. The first kappa shape index (κ1) is 19.7. The molecule has 0 amide bonds. The third-order valence-electron chi connectivity index (χ3n) is 2.83. The molecular weight excluding hydrogens is 344 g/mol. The highest BCUT2D eigenvalue weighted by Gasteiger charge is 2.03. The zero-order valence-electron chi connectivity index (χ0n) is 14.1. The molecule has 0 atom stereocenters. The van der Waals surface area contributed by atoms with Gasteiger partial charge in [-0.3, -0.25) is 0 Å². The van der Waals surface area contributed by atoms with E-state index in [1.807, 2.05) is 64.1 Å². The molecule has 4 N–H and O–H groups in total. The zero-order chi connectivity index (χ0) is 17.9. The second-order valence-electron chi connectivity index (χ2n) is 4.76. The Morgan fingerprint density at radius 2 is 1.29 bits per heavy atom. The minimum atomic E-state index is 0.206. The van der Waals surface area contributed by atoms with Crippen LogP contribution in [0.2, 0.25) is 0 Å². The number of hydrogen-bond acceptors (Lipinski definition) is 6. The maximum absolute atomic E-state index is 5.21. The van der Waals surface area contributed by atoms with E-state index in [9.17, 15) is 0 Å². The summed E-state index contributed by atoms with van der Waals surface area (Å²) in [7, 11) is 0. The molecule has 0 aliphatic heterocycles. The molecule has 130 valence electrons. The van der Waals surface area contributed by atoms with Crippen molar-refractivity contribution in [3.05, 3.63) is 47.8 Å². The van der Waals surface area contributed by atoms with Crippen LogP contribution in [0.5, 0.6) is 0 Å². The predicted molar refractivity (Wildman–Crippen MR) is 106 cm³/mol. The van der Waals surface area contributed by atoms with E-state index in [4.69, 9.17) is 34.1 Å². The number of rotatable bonds is 6. The quantitative estimate of drug-likeness (QED) is 0.445. The lowest BCUT2D eigenvalue weighted by molar-refractivity contribution is 0.221. The van der Waals surface area contributed by atoms with Crippen molar-refractivity contribution in [1.82, 2.24) is 11.0 Å². The van der Waals surface area contributed by atoms with Crippen molar-refractivity contribution in [1.29, 1.82) is 0 Å². The molecule has 0 bridgehead atoms. The maximum Gasteiger partial charge on any atom is 0.290 e. The number of benzene rings is 1. The van der Waals surface area contributed by atoms with Crippen molar-refractivity contribution < 1.29 is 9.68 Å². The van der Waals surface area contributed by atoms with Crippen molar-refractivity contribution in [3.8, 4) is 0 Å². The van der Waals surface area contributed by atoms with Gasteiger partial charge in [0.2, 0.25) is 0 Å². The van der Waals surface area contributed by atoms with Gasteiger partial charge in [0.05, 0.1) is 0 Å². The molecule has 8 heteroatoms. The van der Waals surface area contributed by atoms with Crippen LogP contribution in [0.25, 0.3) is 0 Å². The van der Waals surface area contributed by atoms with E-state index in [0.717, 1.165) is 22.8 Å². The van der Waals surface area contributed by atoms with Crippen molar-refractivity contribution in [2.24, 2.45) is 0 Å². The van der Waals surface area contributed by atoms with Crippen molar-refractivity contribution >= 4 is 46.2 Å². The highest BCUT2D eigenvalue weighted by Crippen LogP contribution is 2.15. The van der Waals surface area contributed by atoms with Crippen LogP contribution in [0.4, 0.5) is 11.4 Å². The van der Waals surface area contributed by atoms with Crippen LogP contribution in [0.3, 0.4) is 0 Å². The van der Waals surface area contributed by atoms with Crippen molar-refractivity contribution in [2.45, 2.75) is 27.7 Å². The highest BCUT2D eigenvalue weighted by molar-refractivity contribution is 7.80. The number of thiocarbonyl (C=S) groups is 2. The smallest absolute Gasteiger partial charge is 0.290 e. The minimum Gasteiger partial charge on any atom is -0.352 e. The molecule has 0 saturated carbocycles. The van der Waals surface area contributed by atoms with Crippen molar-refractivity contribution in [2.75, 3.05) is 10.6 Å². The van der Waals surface area contributed by atoms with E-state index in [-0.39, 0.29) is 10.3 Å². The molecule has 0 aliphatic carbocycles. The molecule has 0 heterocycles. The highest BCUT2D eigenvalue weighted by atomic mass is 32.1. The summed E-state index contributed by atoms with van der Waals surface area (Å²) in [5.74, 6) is 0. The predicted octanol–water partition coefficient (Wildman–Crippen LogP) is 3.97. The molecule has 0 unspecified atom stereocenters. The molecule has 1 aromatic carbocycles. The fourth-order valence-electron chi connectivity index (χ4n) is 1.33. The molecule has 0 saturated heterocycles. The standard InChI is InChI=1S/C16H22N4O2S2/c1-5-11(3)19-21-15(23)17-13-8-7-9-14(10-13)18-16(24)22-20-12(4)6-2/h5-10,19-20H,1-4H3,(H,17,23)(H,18,24). The van der Waals surface area contributed by atoms with Gasteiger partial charge in [0.1, 0.15) is 0 Å². The molecule has 24 heavy (non-hydrogen) atoms. The summed E-state index contributed by atoms with van der Waals surface area (Å²) >= 11 is 10.2. The molecular formula is C16H22N4O2S2. The second-order valence-corrected chi connectivity index (χ2v) is 5.50. The summed E-state index contributed by atoms with van der Waals surface area (Å²) in [6.07, 6.45) is 3.75. The van der Waals surface area contributed by atoms with Gasteiger partial charge in [-0.1, -0.05) is 18.2 Å². The van der Waals surface area contributed by atoms with Crippen LogP contribution in [0.1, 0.15) is 27.7 Å². The SMILES string of the molecule is CC=C(C)NOC(=S)Nc1cccc(NC(=S)ONC(C)=CC)c1. The molecule has 0 fully saturated rings. The van der Waals surface area contributed by atoms with E-state index in [1.54, 1.807) is 0 Å². The van der Waals surface area contributed by atoms with Crippen molar-refractivity contribution in [3.63, 3.8) is 0 Å². The summed E-state index contributed by atoms with van der Waals surface area (Å²) in [6, 6.07) is 7.40. The molecule has 6 nitrogen and oxygen atoms in total. The fraction of sp³-hybridized carbons (Fsp3) is 0.250. The van der Waals surface area contributed by atoms with Gasteiger partial charge >= 0.3 is 0 Å². The topological polar surface area (TPSA) is 66.6 Å². The first-order valence-electron chi connectivity index (χ1n) is 7.28. The number of nitrogens with one attached hydrogen (secondary N) is 4. The third-order valence-corrected chi connectivity index (χ3v) is 3.20.